The van der Waals surface area contributed by atoms with Gasteiger partial charge in [-0.05, 0) is 6.07 Å². The molecule has 0 aliphatic carbocycles. The molecule has 4 nitrogen and oxygen atoms in total. The minimum Gasteiger partial charge on any atom is -0.348 e. The van der Waals surface area contributed by atoms with Crippen LogP contribution in [0.15, 0.2) is 18.6 Å². The van der Waals surface area contributed by atoms with E-state index in [4.69, 9.17) is 0 Å². The van der Waals surface area contributed by atoms with Crippen LogP contribution in [0.25, 0.3) is 11.0 Å². The van der Waals surface area contributed by atoms with Crippen LogP contribution in [0, 0.1) is 0 Å². The van der Waals surface area contributed by atoms with E-state index in [-0.39, 0.29) is 6.54 Å². The Morgan fingerprint density at radius 1 is 1.44 bits per heavy atom. The first kappa shape index (κ1) is 13.2. The first-order valence-electron chi connectivity index (χ1n) is 5.48. The lowest BCUT2D eigenvalue weighted by molar-refractivity contribution is 0.155. The van der Waals surface area contributed by atoms with Gasteiger partial charge in [-0.3, -0.25) is 0 Å². The monoisotopic (exact) mass is 318 g/mol. The predicted molar refractivity (Wildman–Crippen MR) is 70.5 cm³/mol. The summed E-state index contributed by atoms with van der Waals surface area (Å²) >= 11 is 3.27. The molecular formula is C11H13BrF2N4. The summed E-state index contributed by atoms with van der Waals surface area (Å²) in [6, 6.07) is 1.82. The third-order valence-electron chi connectivity index (χ3n) is 2.64. The number of hydrogen-bond donors (Lipinski definition) is 0. The van der Waals surface area contributed by atoms with Crippen LogP contribution in [0.2, 0.25) is 0 Å². The Morgan fingerprint density at radius 2 is 2.22 bits per heavy atom. The van der Waals surface area contributed by atoms with Crippen molar-refractivity contribution in [3.05, 3.63) is 18.6 Å². The van der Waals surface area contributed by atoms with E-state index in [0.29, 0.717) is 23.2 Å². The Morgan fingerprint density at radius 3 is 2.89 bits per heavy atom. The third-order valence-corrected chi connectivity index (χ3v) is 2.99. The van der Waals surface area contributed by atoms with Gasteiger partial charge in [0, 0.05) is 25.1 Å². The molecule has 0 saturated carbocycles. The molecule has 18 heavy (non-hydrogen) atoms. The summed E-state index contributed by atoms with van der Waals surface area (Å²) in [7, 11) is 1.86. The van der Waals surface area contributed by atoms with Gasteiger partial charge in [0.15, 0.2) is 5.82 Å². The summed E-state index contributed by atoms with van der Waals surface area (Å²) in [5.41, 5.74) is 1.54. The van der Waals surface area contributed by atoms with Gasteiger partial charge in [-0.2, -0.15) is 0 Å². The van der Waals surface area contributed by atoms with Crippen molar-refractivity contribution in [1.29, 1.82) is 0 Å². The molecule has 0 aliphatic rings. The van der Waals surface area contributed by atoms with E-state index >= 15 is 0 Å². The van der Waals surface area contributed by atoms with Crippen molar-refractivity contribution in [3.63, 3.8) is 0 Å². The smallest absolute Gasteiger partial charge is 0.255 e. The number of fused-ring (bicyclic) bond motifs is 1. The lowest BCUT2D eigenvalue weighted by Crippen LogP contribution is -2.31. The number of aryl methyl sites for hydroxylation is 1. The molecule has 7 heteroatoms. The van der Waals surface area contributed by atoms with Crippen molar-refractivity contribution in [2.24, 2.45) is 7.05 Å². The SMILES string of the molecule is Cn1cnc2c(N(CCBr)CC(F)F)nccc21. The normalized spacial score (nSPS) is 11.4. The number of imidazole rings is 1. The van der Waals surface area contributed by atoms with Crippen molar-refractivity contribution in [2.75, 3.05) is 23.3 Å². The quantitative estimate of drug-likeness (QED) is 0.794. The van der Waals surface area contributed by atoms with Crippen molar-refractivity contribution < 1.29 is 8.78 Å². The molecule has 0 aromatic carbocycles. The Hall–Kier alpha value is -1.24. The fourth-order valence-electron chi connectivity index (χ4n) is 1.83. The second-order valence-corrected chi connectivity index (χ2v) is 4.68. The molecule has 0 atom stereocenters. The number of rotatable bonds is 5. The van der Waals surface area contributed by atoms with E-state index in [9.17, 15) is 8.78 Å². The second-order valence-electron chi connectivity index (χ2n) is 3.88. The Balaban J connectivity index is 2.43. The molecule has 0 aliphatic heterocycles. The maximum absolute atomic E-state index is 12.6. The van der Waals surface area contributed by atoms with Gasteiger partial charge in [0.1, 0.15) is 5.52 Å². The van der Waals surface area contributed by atoms with Crippen molar-refractivity contribution in [1.82, 2.24) is 14.5 Å². The Labute approximate surface area is 112 Å². The van der Waals surface area contributed by atoms with Gasteiger partial charge in [-0.25, -0.2) is 18.7 Å². The molecule has 0 radical (unpaired) electrons. The molecule has 2 heterocycles. The summed E-state index contributed by atoms with van der Waals surface area (Å²) in [6.07, 6.45) is 0.876. The lowest BCUT2D eigenvalue weighted by atomic mass is 10.3. The van der Waals surface area contributed by atoms with E-state index < -0.39 is 6.43 Å². The number of pyridine rings is 1. The highest BCUT2D eigenvalue weighted by molar-refractivity contribution is 9.09. The second kappa shape index (κ2) is 5.60. The maximum Gasteiger partial charge on any atom is 0.255 e. The summed E-state index contributed by atoms with van der Waals surface area (Å²) in [5, 5.41) is 0.602. The Kier molecular flexibility index (Phi) is 4.11. The predicted octanol–water partition coefficient (Wildman–Crippen LogP) is 2.43. The average Bonchev–Trinajstić information content (AvgIpc) is 2.70. The molecule has 0 amide bonds. The number of nitrogens with zero attached hydrogens (tertiary/aromatic N) is 4. The molecule has 2 rings (SSSR count). The molecule has 2 aromatic rings. The molecule has 0 saturated heterocycles. The highest BCUT2D eigenvalue weighted by Gasteiger charge is 2.17. The van der Waals surface area contributed by atoms with Crippen molar-refractivity contribution >= 4 is 32.8 Å². The van der Waals surface area contributed by atoms with Crippen LogP contribution in [-0.4, -0.2) is 39.4 Å². The highest BCUT2D eigenvalue weighted by atomic mass is 79.9. The third kappa shape index (κ3) is 2.60. The summed E-state index contributed by atoms with van der Waals surface area (Å²) < 4.78 is 27.0. The van der Waals surface area contributed by atoms with Crippen LogP contribution in [-0.2, 0) is 7.05 Å². The Bertz CT molecular complexity index is 529. The largest absolute Gasteiger partial charge is 0.348 e. The molecule has 0 spiro atoms. The molecule has 0 N–H and O–H groups in total. The number of hydrogen-bond acceptors (Lipinski definition) is 3. The van der Waals surface area contributed by atoms with Crippen LogP contribution in [0.5, 0.6) is 0 Å². The fourth-order valence-corrected chi connectivity index (χ4v) is 2.26. The first-order chi connectivity index (χ1) is 8.63. The van der Waals surface area contributed by atoms with Gasteiger partial charge in [-0.1, -0.05) is 15.9 Å². The molecule has 98 valence electrons. The van der Waals surface area contributed by atoms with Crippen LogP contribution in [0.4, 0.5) is 14.6 Å². The van der Waals surface area contributed by atoms with Crippen molar-refractivity contribution in [3.8, 4) is 0 Å². The van der Waals surface area contributed by atoms with Gasteiger partial charge in [0.2, 0.25) is 0 Å². The number of anilines is 1. The number of aromatic nitrogens is 3. The van der Waals surface area contributed by atoms with E-state index in [2.05, 4.69) is 25.9 Å². The maximum atomic E-state index is 12.6. The van der Waals surface area contributed by atoms with Crippen LogP contribution >= 0.6 is 15.9 Å². The number of alkyl halides is 3. The van der Waals surface area contributed by atoms with Gasteiger partial charge in [0.25, 0.3) is 6.43 Å². The van der Waals surface area contributed by atoms with Gasteiger partial charge < -0.3 is 9.47 Å². The van der Waals surface area contributed by atoms with E-state index in [1.807, 2.05) is 17.7 Å². The van der Waals surface area contributed by atoms with Crippen LogP contribution in [0.1, 0.15) is 0 Å². The van der Waals surface area contributed by atoms with Gasteiger partial charge in [0.05, 0.1) is 18.4 Å². The van der Waals surface area contributed by atoms with E-state index in [1.165, 1.54) is 0 Å². The zero-order valence-electron chi connectivity index (χ0n) is 9.85. The van der Waals surface area contributed by atoms with Gasteiger partial charge in [-0.15, -0.1) is 0 Å². The summed E-state index contributed by atoms with van der Waals surface area (Å²) in [5.74, 6) is 0.507. The summed E-state index contributed by atoms with van der Waals surface area (Å²) in [6.45, 7) is 0.126. The molecular weight excluding hydrogens is 306 g/mol. The first-order valence-corrected chi connectivity index (χ1v) is 6.60. The standard InChI is InChI=1S/C11H13BrF2N4/c1-17-7-16-10-8(17)2-4-15-11(10)18(5-3-12)6-9(13)14/h2,4,7,9H,3,5-6H2,1H3. The zero-order valence-corrected chi connectivity index (χ0v) is 11.4. The number of halogens is 3. The zero-order chi connectivity index (χ0) is 13.1. The molecule has 0 bridgehead atoms. The molecule has 0 fully saturated rings. The van der Waals surface area contributed by atoms with Crippen LogP contribution in [0.3, 0.4) is 0 Å². The van der Waals surface area contributed by atoms with Crippen LogP contribution < -0.4 is 4.90 Å². The van der Waals surface area contributed by atoms with E-state index in [0.717, 1.165) is 5.52 Å². The van der Waals surface area contributed by atoms with Gasteiger partial charge >= 0.3 is 0 Å². The fraction of sp³-hybridized carbons (Fsp3) is 0.455. The summed E-state index contributed by atoms with van der Waals surface area (Å²) in [4.78, 5) is 9.97. The average molecular weight is 319 g/mol. The molecule has 0 unspecified atom stereocenters. The minimum atomic E-state index is -2.40. The van der Waals surface area contributed by atoms with Crippen molar-refractivity contribution in [2.45, 2.75) is 6.43 Å². The lowest BCUT2D eigenvalue weighted by Gasteiger charge is -2.22. The molecule has 2 aromatic heterocycles. The van der Waals surface area contributed by atoms with E-state index in [1.54, 1.807) is 17.4 Å². The topological polar surface area (TPSA) is 34.0 Å². The highest BCUT2D eigenvalue weighted by Crippen LogP contribution is 2.23. The minimum absolute atomic E-state index is 0.339.